The van der Waals surface area contributed by atoms with Crippen molar-refractivity contribution >= 4 is 21.6 Å². The van der Waals surface area contributed by atoms with Gasteiger partial charge in [0.1, 0.15) is 17.5 Å². The van der Waals surface area contributed by atoms with Gasteiger partial charge in [-0.15, -0.1) is 0 Å². The third kappa shape index (κ3) is 5.41. The lowest BCUT2D eigenvalue weighted by molar-refractivity contribution is -0.122. The summed E-state index contributed by atoms with van der Waals surface area (Å²) in [4.78, 5) is 12.9. The highest BCUT2D eigenvalue weighted by atomic mass is 32.2. The first-order valence-electron chi connectivity index (χ1n) is 9.16. The van der Waals surface area contributed by atoms with E-state index < -0.39 is 22.0 Å². The Labute approximate surface area is 172 Å². The first-order chi connectivity index (χ1) is 13.6. The molecular formula is C21H28N2O5S. The molecule has 2 atom stereocenters. The van der Waals surface area contributed by atoms with Crippen LogP contribution in [0.5, 0.6) is 11.5 Å². The van der Waals surface area contributed by atoms with Crippen molar-refractivity contribution in [3.63, 3.8) is 0 Å². The number of hydrogen-bond acceptors (Lipinski definition) is 5. The molecule has 158 valence electrons. The lowest BCUT2D eigenvalue weighted by Crippen LogP contribution is -2.48. The summed E-state index contributed by atoms with van der Waals surface area (Å²) in [5.74, 6) is 0.353. The van der Waals surface area contributed by atoms with E-state index in [4.69, 9.17) is 9.47 Å². The smallest absolute Gasteiger partial charge is 0.244 e. The van der Waals surface area contributed by atoms with Gasteiger partial charge in [-0.05, 0) is 38.5 Å². The maximum atomic E-state index is 12.9. The number of benzene rings is 2. The topological polar surface area (TPSA) is 84.9 Å². The van der Waals surface area contributed by atoms with Gasteiger partial charge in [-0.3, -0.25) is 9.10 Å². The largest absolute Gasteiger partial charge is 0.497 e. The van der Waals surface area contributed by atoms with Crippen molar-refractivity contribution in [1.82, 2.24) is 5.32 Å². The van der Waals surface area contributed by atoms with E-state index in [1.165, 1.54) is 27.2 Å². The van der Waals surface area contributed by atoms with E-state index in [1.807, 2.05) is 38.1 Å². The van der Waals surface area contributed by atoms with Crippen LogP contribution < -0.4 is 19.1 Å². The van der Waals surface area contributed by atoms with Gasteiger partial charge in [0.25, 0.3) is 0 Å². The number of ether oxygens (including phenoxy) is 2. The normalized spacial score (nSPS) is 13.3. The molecule has 0 fully saturated rings. The van der Waals surface area contributed by atoms with Crippen LogP contribution in [0.3, 0.4) is 0 Å². The molecule has 2 aromatic rings. The van der Waals surface area contributed by atoms with Crippen molar-refractivity contribution in [3.05, 3.63) is 53.6 Å². The summed E-state index contributed by atoms with van der Waals surface area (Å²) in [6.07, 6.45) is 1.05. The first-order valence-corrected chi connectivity index (χ1v) is 11.0. The van der Waals surface area contributed by atoms with Crippen LogP contribution in [0.15, 0.2) is 42.5 Å². The van der Waals surface area contributed by atoms with Gasteiger partial charge in [0, 0.05) is 6.07 Å². The Hall–Kier alpha value is -2.74. The molecule has 8 heteroatoms. The zero-order valence-corrected chi connectivity index (χ0v) is 18.4. The zero-order valence-electron chi connectivity index (χ0n) is 17.6. The van der Waals surface area contributed by atoms with Gasteiger partial charge in [0.2, 0.25) is 15.9 Å². The lowest BCUT2D eigenvalue weighted by atomic mass is 10.1. The van der Waals surface area contributed by atoms with E-state index in [0.29, 0.717) is 11.5 Å². The number of hydrogen-bond donors (Lipinski definition) is 1. The van der Waals surface area contributed by atoms with E-state index in [0.717, 1.165) is 21.7 Å². The molecule has 0 bridgehead atoms. The van der Waals surface area contributed by atoms with Crippen molar-refractivity contribution in [2.24, 2.45) is 0 Å². The number of nitrogens with zero attached hydrogens (tertiary/aromatic N) is 1. The molecule has 0 aliphatic carbocycles. The van der Waals surface area contributed by atoms with E-state index >= 15 is 0 Å². The molecule has 0 spiro atoms. The fourth-order valence-electron chi connectivity index (χ4n) is 3.02. The van der Waals surface area contributed by atoms with Gasteiger partial charge in [0.05, 0.1) is 32.2 Å². The highest BCUT2D eigenvalue weighted by Crippen LogP contribution is 2.35. The summed E-state index contributed by atoms with van der Waals surface area (Å²) in [5, 5.41) is 2.89. The second-order valence-electron chi connectivity index (χ2n) is 6.91. The number of rotatable bonds is 8. The minimum atomic E-state index is -3.79. The number of nitrogens with one attached hydrogen (secondary N) is 1. The molecule has 0 saturated heterocycles. The molecule has 2 rings (SSSR count). The first kappa shape index (κ1) is 22.5. The molecule has 0 heterocycles. The Balaban J connectivity index is 2.35. The van der Waals surface area contributed by atoms with Crippen LogP contribution in [0.2, 0.25) is 0 Å². The second kappa shape index (κ2) is 9.17. The molecule has 1 amide bonds. The summed E-state index contributed by atoms with van der Waals surface area (Å²) in [5.41, 5.74) is 2.29. The van der Waals surface area contributed by atoms with Crippen LogP contribution in [0.1, 0.15) is 31.0 Å². The van der Waals surface area contributed by atoms with Crippen LogP contribution in [-0.2, 0) is 14.8 Å². The van der Waals surface area contributed by atoms with E-state index in [2.05, 4.69) is 5.32 Å². The van der Waals surface area contributed by atoms with Crippen LogP contribution >= 0.6 is 0 Å². The molecule has 0 unspecified atom stereocenters. The number of anilines is 1. The van der Waals surface area contributed by atoms with Crippen LogP contribution in [0.25, 0.3) is 0 Å². The van der Waals surface area contributed by atoms with Crippen molar-refractivity contribution in [3.8, 4) is 11.5 Å². The predicted molar refractivity (Wildman–Crippen MR) is 114 cm³/mol. The van der Waals surface area contributed by atoms with Crippen molar-refractivity contribution in [2.45, 2.75) is 32.9 Å². The fourth-order valence-corrected chi connectivity index (χ4v) is 4.19. The molecule has 0 aliphatic rings. The van der Waals surface area contributed by atoms with Gasteiger partial charge in [0.15, 0.2) is 0 Å². The highest BCUT2D eigenvalue weighted by Gasteiger charge is 2.32. The number of methoxy groups -OCH3 is 2. The lowest BCUT2D eigenvalue weighted by Gasteiger charge is -2.30. The van der Waals surface area contributed by atoms with Gasteiger partial charge < -0.3 is 14.8 Å². The van der Waals surface area contributed by atoms with Crippen molar-refractivity contribution < 1.29 is 22.7 Å². The molecule has 0 aromatic heterocycles. The second-order valence-corrected chi connectivity index (χ2v) is 8.77. The predicted octanol–water partition coefficient (Wildman–Crippen LogP) is 3.04. The molecule has 1 N–H and O–H groups in total. The van der Waals surface area contributed by atoms with Gasteiger partial charge >= 0.3 is 0 Å². The minimum Gasteiger partial charge on any atom is -0.497 e. The standard InChI is InChI=1S/C21H28N2O5S/c1-14-7-9-17(10-8-14)15(2)22-21(24)16(3)23(29(6,25)26)19-13-18(27-4)11-12-20(19)28-5/h7-13,15-16H,1-6H3,(H,22,24)/t15-,16-/m1/s1. The SMILES string of the molecule is COc1ccc(OC)c(N([C@H](C)C(=O)N[C@H](C)c2ccc(C)cc2)S(C)(=O)=O)c1. The monoisotopic (exact) mass is 420 g/mol. The molecule has 2 aromatic carbocycles. The molecule has 0 saturated carbocycles. The van der Waals surface area contributed by atoms with Crippen molar-refractivity contribution in [1.29, 1.82) is 0 Å². The average Bonchev–Trinajstić information content (AvgIpc) is 2.67. The molecule has 0 aliphatic heterocycles. The van der Waals surface area contributed by atoms with E-state index in [-0.39, 0.29) is 11.7 Å². The molecule has 0 radical (unpaired) electrons. The highest BCUT2D eigenvalue weighted by molar-refractivity contribution is 7.92. The molecular weight excluding hydrogens is 392 g/mol. The minimum absolute atomic E-state index is 0.236. The van der Waals surface area contributed by atoms with Gasteiger partial charge in [-0.1, -0.05) is 29.8 Å². The Morgan fingerprint density at radius 3 is 2.17 bits per heavy atom. The molecule has 29 heavy (non-hydrogen) atoms. The summed E-state index contributed by atoms with van der Waals surface area (Å²) in [7, 11) is -0.867. The number of sulfonamides is 1. The van der Waals surface area contributed by atoms with Crippen molar-refractivity contribution in [2.75, 3.05) is 24.8 Å². The van der Waals surface area contributed by atoms with Crippen LogP contribution in [0.4, 0.5) is 5.69 Å². The van der Waals surface area contributed by atoms with Crippen LogP contribution in [-0.4, -0.2) is 40.8 Å². The van der Waals surface area contributed by atoms with Gasteiger partial charge in [-0.25, -0.2) is 8.42 Å². The molecule has 7 nitrogen and oxygen atoms in total. The average molecular weight is 421 g/mol. The Bertz CT molecular complexity index is 958. The summed E-state index contributed by atoms with van der Waals surface area (Å²) in [6, 6.07) is 11.3. The number of aryl methyl sites for hydroxylation is 1. The van der Waals surface area contributed by atoms with E-state index in [1.54, 1.807) is 12.1 Å². The Kier molecular flexibility index (Phi) is 7.13. The number of carbonyl (C=O) groups is 1. The van der Waals surface area contributed by atoms with E-state index in [9.17, 15) is 13.2 Å². The maximum absolute atomic E-state index is 12.9. The third-order valence-corrected chi connectivity index (χ3v) is 5.88. The summed E-state index contributed by atoms with van der Waals surface area (Å²) < 4.78 is 36.8. The third-order valence-electron chi connectivity index (χ3n) is 4.65. The van der Waals surface area contributed by atoms with Gasteiger partial charge in [-0.2, -0.15) is 0 Å². The zero-order chi connectivity index (χ0) is 21.8. The Morgan fingerprint density at radius 1 is 1.03 bits per heavy atom. The number of carbonyl (C=O) groups excluding carboxylic acids is 1. The summed E-state index contributed by atoms with van der Waals surface area (Å²) >= 11 is 0. The Morgan fingerprint density at radius 2 is 1.66 bits per heavy atom. The quantitative estimate of drug-likeness (QED) is 0.710. The van der Waals surface area contributed by atoms with Crippen LogP contribution in [0, 0.1) is 6.92 Å². The number of amides is 1. The maximum Gasteiger partial charge on any atom is 0.244 e. The summed E-state index contributed by atoms with van der Waals surface area (Å²) in [6.45, 7) is 5.38. The fraction of sp³-hybridized carbons (Fsp3) is 0.381.